The molecule has 0 radical (unpaired) electrons. The molecule has 6 nitrogen and oxygen atoms in total. The predicted octanol–water partition coefficient (Wildman–Crippen LogP) is 2.59. The summed E-state index contributed by atoms with van der Waals surface area (Å²) in [4.78, 5) is 26.4. The van der Waals surface area contributed by atoms with Gasteiger partial charge >= 0.3 is 5.97 Å². The molecule has 3 atom stereocenters. The normalized spacial score (nSPS) is 26.4. The van der Waals surface area contributed by atoms with E-state index in [1.807, 2.05) is 13.8 Å². The van der Waals surface area contributed by atoms with E-state index in [9.17, 15) is 14.7 Å². The van der Waals surface area contributed by atoms with Crippen LogP contribution in [0.5, 0.6) is 0 Å². The van der Waals surface area contributed by atoms with Crippen molar-refractivity contribution in [3.63, 3.8) is 0 Å². The molecule has 132 valence electrons. The van der Waals surface area contributed by atoms with Gasteiger partial charge in [-0.05, 0) is 31.6 Å². The van der Waals surface area contributed by atoms with Crippen molar-refractivity contribution in [3.8, 4) is 0 Å². The number of carboxylic acids is 1. The second-order valence-corrected chi connectivity index (χ2v) is 6.92. The van der Waals surface area contributed by atoms with E-state index in [-0.39, 0.29) is 18.4 Å². The van der Waals surface area contributed by atoms with E-state index in [1.165, 1.54) is 0 Å². The standard InChI is InChI=1S/C18H26N2O4/c1-3-13-12(16(4-2)24-19-13)10-17(21)20-14-8-6-5-7-11(14)9-15(20)18(22)23/h11,14-15H,3-10H2,1-2H3,(H,22,23)/t11-,14-,15-/m0/s1. The minimum Gasteiger partial charge on any atom is -0.480 e. The molecule has 24 heavy (non-hydrogen) atoms. The van der Waals surface area contributed by atoms with Crippen LogP contribution in [-0.2, 0) is 28.9 Å². The lowest BCUT2D eigenvalue weighted by Crippen LogP contribution is -2.47. The number of rotatable bonds is 5. The molecule has 0 unspecified atom stereocenters. The van der Waals surface area contributed by atoms with Crippen LogP contribution in [0, 0.1) is 5.92 Å². The lowest BCUT2D eigenvalue weighted by molar-refractivity contribution is -0.149. The van der Waals surface area contributed by atoms with Crippen molar-refractivity contribution in [2.75, 3.05) is 0 Å². The molecule has 3 rings (SSSR count). The first-order chi connectivity index (χ1) is 11.6. The Morgan fingerprint density at radius 2 is 2.00 bits per heavy atom. The number of likely N-dealkylation sites (tertiary alicyclic amines) is 1. The number of aryl methyl sites for hydroxylation is 2. The molecule has 1 saturated carbocycles. The van der Waals surface area contributed by atoms with Gasteiger partial charge in [0.2, 0.25) is 5.91 Å². The summed E-state index contributed by atoms with van der Waals surface area (Å²) in [5, 5.41) is 13.6. The Bertz CT molecular complexity index is 603. The van der Waals surface area contributed by atoms with Gasteiger partial charge in [-0.1, -0.05) is 31.8 Å². The largest absolute Gasteiger partial charge is 0.480 e. The minimum absolute atomic E-state index is 0.0855. The van der Waals surface area contributed by atoms with Gasteiger partial charge in [-0.2, -0.15) is 0 Å². The molecular weight excluding hydrogens is 308 g/mol. The van der Waals surface area contributed by atoms with E-state index in [0.717, 1.165) is 42.7 Å². The van der Waals surface area contributed by atoms with Gasteiger partial charge in [0.25, 0.3) is 0 Å². The molecule has 0 bridgehead atoms. The summed E-state index contributed by atoms with van der Waals surface area (Å²) in [6, 6.07) is -0.594. The summed E-state index contributed by atoms with van der Waals surface area (Å²) >= 11 is 0. The number of hydrogen-bond donors (Lipinski definition) is 1. The van der Waals surface area contributed by atoms with Gasteiger partial charge in [-0.15, -0.1) is 0 Å². The summed E-state index contributed by atoms with van der Waals surface area (Å²) in [5.74, 6) is 0.105. The average molecular weight is 334 g/mol. The molecule has 1 aliphatic heterocycles. The SMILES string of the molecule is CCc1noc(CC)c1CC(=O)N1[C@H](C(=O)O)C[C@@H]2CCCC[C@@H]21. The van der Waals surface area contributed by atoms with E-state index < -0.39 is 12.0 Å². The second-order valence-electron chi connectivity index (χ2n) is 6.92. The topological polar surface area (TPSA) is 83.6 Å². The van der Waals surface area contributed by atoms with Crippen LogP contribution >= 0.6 is 0 Å². The molecular formula is C18H26N2O4. The van der Waals surface area contributed by atoms with Crippen molar-refractivity contribution in [3.05, 3.63) is 17.0 Å². The molecule has 1 aromatic heterocycles. The lowest BCUT2D eigenvalue weighted by Gasteiger charge is -2.33. The zero-order valence-electron chi connectivity index (χ0n) is 14.5. The molecule has 0 aromatic carbocycles. The monoisotopic (exact) mass is 334 g/mol. The van der Waals surface area contributed by atoms with Gasteiger partial charge in [-0.25, -0.2) is 4.79 Å². The Morgan fingerprint density at radius 1 is 1.25 bits per heavy atom. The second kappa shape index (κ2) is 6.95. The van der Waals surface area contributed by atoms with Gasteiger partial charge in [0.1, 0.15) is 11.8 Å². The number of fused-ring (bicyclic) bond motifs is 1. The lowest BCUT2D eigenvalue weighted by atomic mass is 9.84. The summed E-state index contributed by atoms with van der Waals surface area (Å²) in [5.41, 5.74) is 1.67. The fourth-order valence-electron chi connectivity index (χ4n) is 4.42. The molecule has 2 aliphatic rings. The number of carbonyl (C=O) groups is 2. The fourth-order valence-corrected chi connectivity index (χ4v) is 4.42. The van der Waals surface area contributed by atoms with Crippen LogP contribution in [0.25, 0.3) is 0 Å². The molecule has 1 saturated heterocycles. The molecule has 0 spiro atoms. The Balaban J connectivity index is 1.84. The van der Waals surface area contributed by atoms with Crippen molar-refractivity contribution in [1.29, 1.82) is 0 Å². The highest BCUT2D eigenvalue weighted by atomic mass is 16.5. The van der Waals surface area contributed by atoms with E-state index in [0.29, 0.717) is 25.2 Å². The average Bonchev–Trinajstić information content (AvgIpc) is 3.15. The highest BCUT2D eigenvalue weighted by molar-refractivity contribution is 5.86. The van der Waals surface area contributed by atoms with E-state index in [2.05, 4.69) is 5.16 Å². The summed E-state index contributed by atoms with van der Waals surface area (Å²) in [6.45, 7) is 3.96. The molecule has 1 aromatic rings. The van der Waals surface area contributed by atoms with Crippen molar-refractivity contribution >= 4 is 11.9 Å². The molecule has 1 amide bonds. The van der Waals surface area contributed by atoms with Gasteiger partial charge in [0, 0.05) is 18.0 Å². The molecule has 1 N–H and O–H groups in total. The van der Waals surface area contributed by atoms with Gasteiger partial charge in [0.05, 0.1) is 12.1 Å². The Morgan fingerprint density at radius 3 is 2.67 bits per heavy atom. The van der Waals surface area contributed by atoms with Crippen LogP contribution in [0.3, 0.4) is 0 Å². The molecule has 1 aliphatic carbocycles. The molecule has 6 heteroatoms. The van der Waals surface area contributed by atoms with Gasteiger partial charge in [-0.3, -0.25) is 4.79 Å². The van der Waals surface area contributed by atoms with Crippen molar-refractivity contribution in [2.24, 2.45) is 5.92 Å². The smallest absolute Gasteiger partial charge is 0.326 e. The number of hydrogen-bond acceptors (Lipinski definition) is 4. The van der Waals surface area contributed by atoms with Crippen molar-refractivity contribution < 1.29 is 19.2 Å². The highest BCUT2D eigenvalue weighted by Crippen LogP contribution is 2.40. The third-order valence-corrected chi connectivity index (χ3v) is 5.60. The fraction of sp³-hybridized carbons (Fsp3) is 0.722. The summed E-state index contributed by atoms with van der Waals surface area (Å²) in [6.07, 6.45) is 6.35. The van der Waals surface area contributed by atoms with E-state index in [1.54, 1.807) is 4.90 Å². The highest BCUT2D eigenvalue weighted by Gasteiger charge is 2.47. The number of aromatic nitrogens is 1. The number of amides is 1. The molecule has 2 heterocycles. The number of carbonyl (C=O) groups excluding carboxylic acids is 1. The van der Waals surface area contributed by atoms with Crippen LogP contribution in [0.15, 0.2) is 4.52 Å². The first kappa shape index (κ1) is 17.0. The van der Waals surface area contributed by atoms with Gasteiger partial charge in [0.15, 0.2) is 0 Å². The van der Waals surface area contributed by atoms with Crippen molar-refractivity contribution in [1.82, 2.24) is 10.1 Å². The molecule has 2 fully saturated rings. The maximum absolute atomic E-state index is 13.0. The zero-order chi connectivity index (χ0) is 17.3. The Kier molecular flexibility index (Phi) is 4.92. The van der Waals surface area contributed by atoms with E-state index in [4.69, 9.17) is 4.52 Å². The Labute approximate surface area is 142 Å². The van der Waals surface area contributed by atoms with Crippen LogP contribution < -0.4 is 0 Å². The van der Waals surface area contributed by atoms with Crippen LogP contribution in [0.2, 0.25) is 0 Å². The van der Waals surface area contributed by atoms with Crippen LogP contribution in [-0.4, -0.2) is 39.1 Å². The van der Waals surface area contributed by atoms with Crippen molar-refractivity contribution in [2.45, 2.75) is 77.3 Å². The number of aliphatic carboxylic acids is 1. The van der Waals surface area contributed by atoms with Crippen LogP contribution in [0.1, 0.15) is 63.0 Å². The number of carboxylic acid groups (broad SMARTS) is 1. The van der Waals surface area contributed by atoms with Gasteiger partial charge < -0.3 is 14.5 Å². The zero-order valence-corrected chi connectivity index (χ0v) is 14.5. The summed E-state index contributed by atoms with van der Waals surface area (Å²) in [7, 11) is 0. The van der Waals surface area contributed by atoms with Crippen LogP contribution in [0.4, 0.5) is 0 Å². The third-order valence-electron chi connectivity index (χ3n) is 5.60. The number of nitrogens with zero attached hydrogens (tertiary/aromatic N) is 2. The maximum atomic E-state index is 13.0. The predicted molar refractivity (Wildman–Crippen MR) is 87.6 cm³/mol. The first-order valence-electron chi connectivity index (χ1n) is 9.07. The third kappa shape index (κ3) is 2.94. The maximum Gasteiger partial charge on any atom is 0.326 e. The minimum atomic E-state index is -0.880. The first-order valence-corrected chi connectivity index (χ1v) is 9.07. The quantitative estimate of drug-likeness (QED) is 0.895. The van der Waals surface area contributed by atoms with E-state index >= 15 is 0 Å². The summed E-state index contributed by atoms with van der Waals surface area (Å²) < 4.78 is 5.34. The Hall–Kier alpha value is -1.85.